The van der Waals surface area contributed by atoms with Crippen molar-refractivity contribution >= 4 is 28.6 Å². The van der Waals surface area contributed by atoms with Crippen LogP contribution < -0.4 is 4.90 Å². The van der Waals surface area contributed by atoms with Crippen LogP contribution in [0.3, 0.4) is 0 Å². The van der Waals surface area contributed by atoms with Crippen molar-refractivity contribution in [2.75, 3.05) is 37.5 Å². The fourth-order valence-corrected chi connectivity index (χ4v) is 3.20. The average molecular weight is 342 g/mol. The minimum Gasteiger partial charge on any atom is -0.378 e. The Balaban J connectivity index is 1.87. The minimum atomic E-state index is 0.612. The van der Waals surface area contributed by atoms with Crippen LogP contribution in [0.25, 0.3) is 17.0 Å². The van der Waals surface area contributed by atoms with Crippen LogP contribution in [0.4, 0.5) is 5.82 Å². The van der Waals surface area contributed by atoms with E-state index >= 15 is 0 Å². The summed E-state index contributed by atoms with van der Waals surface area (Å²) in [7, 11) is 0. The Kier molecular flexibility index (Phi) is 4.31. The van der Waals surface area contributed by atoms with Crippen molar-refractivity contribution in [2.45, 2.75) is 5.75 Å². The molecular formula is C16H18N6OS. The van der Waals surface area contributed by atoms with E-state index in [0.29, 0.717) is 19.2 Å². The maximum atomic E-state index is 5.47. The molecule has 8 heteroatoms. The summed E-state index contributed by atoms with van der Waals surface area (Å²) in [5.74, 6) is 2.36. The number of pyridine rings is 1. The lowest BCUT2D eigenvalue weighted by Gasteiger charge is -2.28. The number of rotatable bonds is 4. The second-order valence-corrected chi connectivity index (χ2v) is 6.39. The first-order valence-electron chi connectivity index (χ1n) is 7.83. The third kappa shape index (κ3) is 2.94. The SMILES string of the molecule is CSCc1ccc2nc(-n3ccnc3)nc(N3CCOCC3)c2n1. The molecule has 4 rings (SSSR count). The van der Waals surface area contributed by atoms with Crippen molar-refractivity contribution in [2.24, 2.45) is 0 Å². The monoisotopic (exact) mass is 342 g/mol. The van der Waals surface area contributed by atoms with E-state index in [4.69, 9.17) is 14.7 Å². The van der Waals surface area contributed by atoms with Crippen LogP contribution in [0, 0.1) is 0 Å². The van der Waals surface area contributed by atoms with Crippen molar-refractivity contribution in [1.29, 1.82) is 0 Å². The molecule has 0 aromatic carbocycles. The van der Waals surface area contributed by atoms with Crippen LogP contribution in [0.1, 0.15) is 5.69 Å². The highest BCUT2D eigenvalue weighted by Crippen LogP contribution is 2.25. The minimum absolute atomic E-state index is 0.612. The second kappa shape index (κ2) is 6.74. The number of aromatic nitrogens is 5. The van der Waals surface area contributed by atoms with E-state index in [2.05, 4.69) is 21.1 Å². The molecule has 0 aliphatic carbocycles. The van der Waals surface area contributed by atoms with Gasteiger partial charge in [0, 0.05) is 31.2 Å². The molecule has 0 bridgehead atoms. The third-order valence-electron chi connectivity index (χ3n) is 3.91. The second-order valence-electron chi connectivity index (χ2n) is 5.52. The van der Waals surface area contributed by atoms with Gasteiger partial charge in [-0.2, -0.15) is 16.7 Å². The van der Waals surface area contributed by atoms with Crippen LogP contribution in [0.2, 0.25) is 0 Å². The molecule has 7 nitrogen and oxygen atoms in total. The van der Waals surface area contributed by atoms with Gasteiger partial charge in [0.15, 0.2) is 5.82 Å². The molecule has 0 amide bonds. The highest BCUT2D eigenvalue weighted by molar-refractivity contribution is 7.97. The molecule has 1 aliphatic rings. The van der Waals surface area contributed by atoms with Crippen LogP contribution in [-0.4, -0.2) is 57.1 Å². The topological polar surface area (TPSA) is 69.0 Å². The normalized spacial score (nSPS) is 15.1. The Morgan fingerprint density at radius 1 is 1.17 bits per heavy atom. The van der Waals surface area contributed by atoms with Crippen LogP contribution in [0.5, 0.6) is 0 Å². The quantitative estimate of drug-likeness (QED) is 0.717. The molecule has 3 aromatic rings. The van der Waals surface area contributed by atoms with Gasteiger partial charge in [0.1, 0.15) is 11.8 Å². The van der Waals surface area contributed by atoms with E-state index in [0.717, 1.165) is 41.4 Å². The number of ether oxygens (including phenoxy) is 1. The number of thioether (sulfide) groups is 1. The molecule has 1 fully saturated rings. The van der Waals surface area contributed by atoms with E-state index < -0.39 is 0 Å². The summed E-state index contributed by atoms with van der Waals surface area (Å²) in [6, 6.07) is 4.06. The molecule has 0 spiro atoms. The highest BCUT2D eigenvalue weighted by Gasteiger charge is 2.19. The number of fused-ring (bicyclic) bond motifs is 1. The predicted molar refractivity (Wildman–Crippen MR) is 94.7 cm³/mol. The first-order valence-corrected chi connectivity index (χ1v) is 9.22. The molecule has 0 radical (unpaired) electrons. The molecule has 3 aromatic heterocycles. The number of hydrogen-bond acceptors (Lipinski definition) is 7. The standard InChI is InChI=1S/C16H18N6OS/c1-24-10-12-2-3-13-14(18-12)15(21-6-8-23-9-7-21)20-16(19-13)22-5-4-17-11-22/h2-5,11H,6-10H2,1H3. The Labute approximate surface area is 144 Å². The van der Waals surface area contributed by atoms with Gasteiger partial charge in [0.25, 0.3) is 0 Å². The highest BCUT2D eigenvalue weighted by atomic mass is 32.2. The summed E-state index contributed by atoms with van der Waals surface area (Å²) < 4.78 is 7.29. The Bertz CT molecular complexity index is 832. The molecule has 0 atom stereocenters. The van der Waals surface area contributed by atoms with E-state index in [1.165, 1.54) is 0 Å². The number of imidazole rings is 1. The summed E-state index contributed by atoms with van der Waals surface area (Å²) in [6.07, 6.45) is 7.36. The smallest absolute Gasteiger partial charge is 0.237 e. The molecule has 4 heterocycles. The summed E-state index contributed by atoms with van der Waals surface area (Å²) in [5.41, 5.74) is 2.75. The molecular weight excluding hydrogens is 324 g/mol. The van der Waals surface area contributed by atoms with Crippen molar-refractivity contribution in [3.63, 3.8) is 0 Å². The average Bonchev–Trinajstić information content (AvgIpc) is 3.16. The molecule has 0 unspecified atom stereocenters. The Hall–Kier alpha value is -2.19. The largest absolute Gasteiger partial charge is 0.378 e. The Morgan fingerprint density at radius 2 is 2.04 bits per heavy atom. The number of anilines is 1. The zero-order valence-electron chi connectivity index (χ0n) is 13.4. The first-order chi connectivity index (χ1) is 11.8. The van der Waals surface area contributed by atoms with E-state index in [-0.39, 0.29) is 0 Å². The van der Waals surface area contributed by atoms with E-state index in [9.17, 15) is 0 Å². The van der Waals surface area contributed by atoms with Gasteiger partial charge >= 0.3 is 0 Å². The number of nitrogens with zero attached hydrogens (tertiary/aromatic N) is 6. The van der Waals surface area contributed by atoms with Crippen LogP contribution in [-0.2, 0) is 10.5 Å². The zero-order valence-corrected chi connectivity index (χ0v) is 14.2. The lowest BCUT2D eigenvalue weighted by molar-refractivity contribution is 0.122. The molecule has 124 valence electrons. The molecule has 1 saturated heterocycles. The molecule has 1 aliphatic heterocycles. The molecule has 24 heavy (non-hydrogen) atoms. The van der Waals surface area contributed by atoms with Gasteiger partial charge in [-0.15, -0.1) is 0 Å². The maximum Gasteiger partial charge on any atom is 0.237 e. The first kappa shape index (κ1) is 15.3. The van der Waals surface area contributed by atoms with Crippen molar-refractivity contribution in [1.82, 2.24) is 24.5 Å². The fraction of sp³-hybridized carbons (Fsp3) is 0.375. The van der Waals surface area contributed by atoms with Gasteiger partial charge < -0.3 is 9.64 Å². The third-order valence-corrected chi connectivity index (χ3v) is 4.49. The van der Waals surface area contributed by atoms with Gasteiger partial charge in [0.05, 0.1) is 24.4 Å². The predicted octanol–water partition coefficient (Wildman–Crippen LogP) is 1.91. The van der Waals surface area contributed by atoms with Crippen molar-refractivity contribution in [3.05, 3.63) is 36.5 Å². The fourth-order valence-electron chi connectivity index (χ4n) is 2.74. The van der Waals surface area contributed by atoms with Gasteiger partial charge in [-0.1, -0.05) is 0 Å². The van der Waals surface area contributed by atoms with Crippen molar-refractivity contribution in [3.8, 4) is 5.95 Å². The maximum absolute atomic E-state index is 5.47. The zero-order chi connectivity index (χ0) is 16.4. The van der Waals surface area contributed by atoms with Gasteiger partial charge in [-0.25, -0.2) is 15.0 Å². The number of hydrogen-bond donors (Lipinski definition) is 0. The lowest BCUT2D eigenvalue weighted by Crippen LogP contribution is -2.37. The number of morpholine rings is 1. The Morgan fingerprint density at radius 3 is 2.79 bits per heavy atom. The van der Waals surface area contributed by atoms with E-state index in [1.54, 1.807) is 24.3 Å². The lowest BCUT2D eigenvalue weighted by atomic mass is 10.3. The summed E-state index contributed by atoms with van der Waals surface area (Å²) in [5, 5.41) is 0. The molecule has 0 saturated carbocycles. The van der Waals surface area contributed by atoms with Crippen molar-refractivity contribution < 1.29 is 4.74 Å². The molecule has 0 N–H and O–H groups in total. The van der Waals surface area contributed by atoms with E-state index in [1.807, 2.05) is 22.9 Å². The summed E-state index contributed by atoms with van der Waals surface area (Å²) >= 11 is 1.76. The van der Waals surface area contributed by atoms with Gasteiger partial charge in [0.2, 0.25) is 5.95 Å². The summed E-state index contributed by atoms with van der Waals surface area (Å²) in [4.78, 5) is 20.6. The summed E-state index contributed by atoms with van der Waals surface area (Å²) in [6.45, 7) is 3.03. The van der Waals surface area contributed by atoms with Gasteiger partial charge in [-0.05, 0) is 18.4 Å². The van der Waals surface area contributed by atoms with Crippen LogP contribution >= 0.6 is 11.8 Å². The van der Waals surface area contributed by atoms with Crippen LogP contribution in [0.15, 0.2) is 30.9 Å². The van der Waals surface area contributed by atoms with Gasteiger partial charge in [-0.3, -0.25) is 4.57 Å².